The Balaban J connectivity index is 2.35. The number of nitrogens with two attached hydrogens (primary N) is 1. The number of pyridine rings is 1. The van der Waals surface area contributed by atoms with Gasteiger partial charge in [0, 0.05) is 6.07 Å². The molecule has 0 bridgehead atoms. The van der Waals surface area contributed by atoms with Gasteiger partial charge in [-0.15, -0.1) is 0 Å². The number of benzene rings is 1. The molecular weight excluding hydrogens is 303 g/mol. The van der Waals surface area contributed by atoms with E-state index < -0.39 is 5.97 Å². The molecule has 20 heavy (non-hydrogen) atoms. The van der Waals surface area contributed by atoms with Crippen molar-refractivity contribution < 1.29 is 14.3 Å². The highest BCUT2D eigenvalue weighted by molar-refractivity contribution is 6.42. The molecule has 0 aliphatic rings. The van der Waals surface area contributed by atoms with Gasteiger partial charge in [-0.25, -0.2) is 9.78 Å². The van der Waals surface area contributed by atoms with Gasteiger partial charge >= 0.3 is 5.97 Å². The Morgan fingerprint density at radius 3 is 2.80 bits per heavy atom. The minimum absolute atomic E-state index is 0.156. The van der Waals surface area contributed by atoms with Gasteiger partial charge in [0.2, 0.25) is 5.88 Å². The molecule has 0 amide bonds. The van der Waals surface area contributed by atoms with Crippen molar-refractivity contribution in [3.63, 3.8) is 0 Å². The molecule has 0 fully saturated rings. The predicted molar refractivity (Wildman–Crippen MR) is 76.5 cm³/mol. The molecule has 7 heteroatoms. The third-order valence-corrected chi connectivity index (χ3v) is 3.25. The number of carbonyl (C=O) groups is 1. The van der Waals surface area contributed by atoms with Crippen LogP contribution in [0.25, 0.3) is 0 Å². The van der Waals surface area contributed by atoms with Gasteiger partial charge in [-0.3, -0.25) is 0 Å². The fraction of sp³-hybridized carbons (Fsp3) is 0.0769. The summed E-state index contributed by atoms with van der Waals surface area (Å²) in [6.07, 6.45) is 1.31. The first-order valence-corrected chi connectivity index (χ1v) is 6.24. The molecule has 2 N–H and O–H groups in total. The molecular formula is C13H10Cl2N2O3. The van der Waals surface area contributed by atoms with E-state index in [1.807, 2.05) is 0 Å². The van der Waals surface area contributed by atoms with Crippen LogP contribution in [0.15, 0.2) is 30.5 Å². The first kappa shape index (κ1) is 14.4. The van der Waals surface area contributed by atoms with Crippen LogP contribution in [0.4, 0.5) is 5.69 Å². The highest BCUT2D eigenvalue weighted by Gasteiger charge is 2.14. The van der Waals surface area contributed by atoms with Gasteiger partial charge in [0.25, 0.3) is 0 Å². The average molecular weight is 313 g/mol. The van der Waals surface area contributed by atoms with E-state index in [0.29, 0.717) is 10.8 Å². The number of rotatable bonds is 3. The predicted octanol–water partition coefficient (Wildman–Crippen LogP) is 3.55. The number of nitrogen functional groups attached to an aromatic ring is 1. The van der Waals surface area contributed by atoms with Crippen LogP contribution in [-0.4, -0.2) is 18.1 Å². The molecule has 0 radical (unpaired) electrons. The minimum Gasteiger partial charge on any atom is -0.465 e. The van der Waals surface area contributed by atoms with Crippen LogP contribution in [0.5, 0.6) is 11.6 Å². The largest absolute Gasteiger partial charge is 0.465 e. The summed E-state index contributed by atoms with van der Waals surface area (Å²) in [5.74, 6) is -0.0945. The fourth-order valence-electron chi connectivity index (χ4n) is 1.46. The average Bonchev–Trinajstić information content (AvgIpc) is 2.45. The number of ether oxygens (including phenoxy) is 2. The van der Waals surface area contributed by atoms with Crippen molar-refractivity contribution in [3.8, 4) is 11.6 Å². The van der Waals surface area contributed by atoms with Gasteiger partial charge in [0.15, 0.2) is 0 Å². The molecule has 0 aliphatic heterocycles. The van der Waals surface area contributed by atoms with Gasteiger partial charge in [-0.1, -0.05) is 29.3 Å². The molecule has 1 aromatic heterocycles. The second-order valence-electron chi connectivity index (χ2n) is 3.76. The topological polar surface area (TPSA) is 74.4 Å². The first-order valence-electron chi connectivity index (χ1n) is 5.48. The van der Waals surface area contributed by atoms with Crippen LogP contribution in [0, 0.1) is 0 Å². The molecule has 5 nitrogen and oxygen atoms in total. The second kappa shape index (κ2) is 5.98. The summed E-state index contributed by atoms with van der Waals surface area (Å²) in [5, 5.41) is 0.611. The maximum atomic E-state index is 11.5. The maximum absolute atomic E-state index is 11.5. The highest BCUT2D eigenvalue weighted by Crippen LogP contribution is 2.34. The maximum Gasteiger partial charge on any atom is 0.340 e. The molecule has 1 heterocycles. The number of nitrogens with zero attached hydrogens (tertiary/aromatic N) is 1. The first-order chi connectivity index (χ1) is 9.52. The van der Waals surface area contributed by atoms with Gasteiger partial charge < -0.3 is 15.2 Å². The summed E-state index contributed by atoms with van der Waals surface area (Å²) < 4.78 is 10.1. The van der Waals surface area contributed by atoms with E-state index in [4.69, 9.17) is 33.7 Å². The molecule has 2 aromatic rings. The van der Waals surface area contributed by atoms with E-state index >= 15 is 0 Å². The summed E-state index contributed by atoms with van der Waals surface area (Å²) in [6, 6.07) is 6.32. The number of anilines is 1. The zero-order chi connectivity index (χ0) is 14.7. The summed E-state index contributed by atoms with van der Waals surface area (Å²) >= 11 is 11.9. The van der Waals surface area contributed by atoms with E-state index in [9.17, 15) is 4.79 Å². The van der Waals surface area contributed by atoms with Crippen LogP contribution in [-0.2, 0) is 4.74 Å². The van der Waals surface area contributed by atoms with Crippen molar-refractivity contribution in [1.29, 1.82) is 0 Å². The third-order valence-electron chi connectivity index (χ3n) is 2.45. The molecule has 0 aliphatic carbocycles. The second-order valence-corrected chi connectivity index (χ2v) is 4.54. The lowest BCUT2D eigenvalue weighted by Crippen LogP contribution is -2.06. The van der Waals surface area contributed by atoms with Crippen LogP contribution in [0.2, 0.25) is 10.0 Å². The Morgan fingerprint density at radius 1 is 1.35 bits per heavy atom. The highest BCUT2D eigenvalue weighted by atomic mass is 35.5. The van der Waals surface area contributed by atoms with E-state index in [1.54, 1.807) is 18.2 Å². The molecule has 0 saturated carbocycles. The molecule has 0 atom stereocenters. The van der Waals surface area contributed by atoms with Crippen LogP contribution in [0.1, 0.15) is 10.4 Å². The van der Waals surface area contributed by atoms with E-state index in [2.05, 4.69) is 9.72 Å². The lowest BCUT2D eigenvalue weighted by atomic mass is 10.2. The van der Waals surface area contributed by atoms with Crippen molar-refractivity contribution in [3.05, 3.63) is 46.1 Å². The van der Waals surface area contributed by atoms with Crippen molar-refractivity contribution >= 4 is 34.9 Å². The molecule has 0 saturated heterocycles. The Bertz CT molecular complexity index is 662. The normalized spacial score (nSPS) is 10.2. The summed E-state index contributed by atoms with van der Waals surface area (Å²) in [7, 11) is 1.26. The van der Waals surface area contributed by atoms with Gasteiger partial charge in [-0.2, -0.15) is 0 Å². The minimum atomic E-state index is -0.577. The van der Waals surface area contributed by atoms with Crippen molar-refractivity contribution in [2.24, 2.45) is 0 Å². The Hall–Kier alpha value is -1.98. The standard InChI is InChI=1S/C13H10Cl2N2O3/c1-19-13(18)7-5-11(17-6-9(7)16)20-10-4-2-3-8(14)12(10)15/h2-6H,16H2,1H3. The van der Waals surface area contributed by atoms with Gasteiger partial charge in [-0.05, 0) is 12.1 Å². The number of esters is 1. The zero-order valence-electron chi connectivity index (χ0n) is 10.4. The molecule has 2 rings (SSSR count). The number of halogens is 2. The molecule has 104 valence electrons. The van der Waals surface area contributed by atoms with Gasteiger partial charge in [0.1, 0.15) is 10.8 Å². The van der Waals surface area contributed by atoms with Crippen LogP contribution >= 0.6 is 23.2 Å². The monoisotopic (exact) mass is 312 g/mol. The number of methoxy groups -OCH3 is 1. The van der Waals surface area contributed by atoms with Crippen molar-refractivity contribution in [1.82, 2.24) is 4.98 Å². The van der Waals surface area contributed by atoms with Crippen molar-refractivity contribution in [2.75, 3.05) is 12.8 Å². The third kappa shape index (κ3) is 2.95. The number of hydrogen-bond donors (Lipinski definition) is 1. The van der Waals surface area contributed by atoms with E-state index in [-0.39, 0.29) is 22.2 Å². The Labute approximate surface area is 125 Å². The molecule has 1 aromatic carbocycles. The Kier molecular flexibility index (Phi) is 4.32. The van der Waals surface area contributed by atoms with E-state index in [0.717, 1.165) is 0 Å². The number of carbonyl (C=O) groups excluding carboxylic acids is 1. The smallest absolute Gasteiger partial charge is 0.340 e. The summed E-state index contributed by atoms with van der Waals surface area (Å²) in [5.41, 5.74) is 6.01. The number of hydrogen-bond acceptors (Lipinski definition) is 5. The lowest BCUT2D eigenvalue weighted by Gasteiger charge is -2.09. The van der Waals surface area contributed by atoms with E-state index in [1.165, 1.54) is 19.4 Å². The Morgan fingerprint density at radius 2 is 2.10 bits per heavy atom. The van der Waals surface area contributed by atoms with Gasteiger partial charge in [0.05, 0.1) is 29.6 Å². The SMILES string of the molecule is COC(=O)c1cc(Oc2cccc(Cl)c2Cl)ncc1N. The molecule has 0 unspecified atom stereocenters. The zero-order valence-corrected chi connectivity index (χ0v) is 11.9. The van der Waals surface area contributed by atoms with Crippen molar-refractivity contribution in [2.45, 2.75) is 0 Å². The summed E-state index contributed by atoms with van der Waals surface area (Å²) in [6.45, 7) is 0. The quantitative estimate of drug-likeness (QED) is 0.877. The van der Waals surface area contributed by atoms with Crippen LogP contribution in [0.3, 0.4) is 0 Å². The molecule has 0 spiro atoms. The van der Waals surface area contributed by atoms with Crippen LogP contribution < -0.4 is 10.5 Å². The summed E-state index contributed by atoms with van der Waals surface area (Å²) in [4.78, 5) is 15.5. The number of aromatic nitrogens is 1. The fourth-order valence-corrected chi connectivity index (χ4v) is 1.80. The lowest BCUT2D eigenvalue weighted by molar-refractivity contribution is 0.0601.